The maximum absolute atomic E-state index is 6.18. The maximum Gasteiger partial charge on any atom is 0.157 e. The number of nitrogens with two attached hydrogens (primary N) is 1. The molecule has 1 aromatic carbocycles. The van der Waals surface area contributed by atoms with Gasteiger partial charge in [0.2, 0.25) is 0 Å². The van der Waals surface area contributed by atoms with Crippen LogP contribution in [0, 0.1) is 6.92 Å². The summed E-state index contributed by atoms with van der Waals surface area (Å²) in [4.78, 5) is 10.1. The van der Waals surface area contributed by atoms with Gasteiger partial charge in [-0.2, -0.15) is 0 Å². The van der Waals surface area contributed by atoms with E-state index in [1.807, 2.05) is 30.0 Å². The van der Waals surface area contributed by atoms with Crippen molar-refractivity contribution in [1.82, 2.24) is 9.97 Å². The number of benzene rings is 1. The van der Waals surface area contributed by atoms with Crippen molar-refractivity contribution in [2.75, 3.05) is 17.2 Å². The summed E-state index contributed by atoms with van der Waals surface area (Å²) < 4.78 is 0. The number of hydrogen-bond donors (Lipinski definition) is 1. The van der Waals surface area contributed by atoms with Crippen molar-refractivity contribution >= 4 is 28.9 Å². The van der Waals surface area contributed by atoms with Crippen LogP contribution in [0.1, 0.15) is 12.5 Å². The van der Waals surface area contributed by atoms with Crippen molar-refractivity contribution in [1.29, 1.82) is 0 Å². The molecule has 0 spiro atoms. The highest BCUT2D eigenvalue weighted by Crippen LogP contribution is 2.33. The van der Waals surface area contributed by atoms with Crippen LogP contribution in [-0.2, 0) is 0 Å². The lowest BCUT2D eigenvalue weighted by molar-refractivity contribution is 0.972. The molecule has 18 heavy (non-hydrogen) atoms. The van der Waals surface area contributed by atoms with Gasteiger partial charge in [0, 0.05) is 12.2 Å². The molecular formula is C13H15ClN4. The lowest BCUT2D eigenvalue weighted by Crippen LogP contribution is -2.19. The van der Waals surface area contributed by atoms with Gasteiger partial charge in [-0.3, -0.25) is 0 Å². The molecule has 0 atom stereocenters. The molecule has 2 aromatic rings. The second-order valence-corrected chi connectivity index (χ2v) is 4.31. The van der Waals surface area contributed by atoms with E-state index in [4.69, 9.17) is 17.3 Å². The van der Waals surface area contributed by atoms with Gasteiger partial charge in [0.15, 0.2) is 5.82 Å². The van der Waals surface area contributed by atoms with Gasteiger partial charge in [-0.1, -0.05) is 29.8 Å². The largest absolute Gasteiger partial charge is 0.382 e. The third-order valence-corrected chi connectivity index (χ3v) is 3.14. The van der Waals surface area contributed by atoms with Crippen LogP contribution in [0.25, 0.3) is 0 Å². The molecule has 1 heterocycles. The molecule has 2 rings (SSSR count). The molecule has 5 heteroatoms. The third-order valence-electron chi connectivity index (χ3n) is 2.78. The summed E-state index contributed by atoms with van der Waals surface area (Å²) in [6.45, 7) is 4.85. The number of aromatic nitrogens is 2. The van der Waals surface area contributed by atoms with Crippen molar-refractivity contribution in [2.45, 2.75) is 13.8 Å². The van der Waals surface area contributed by atoms with Crippen LogP contribution in [-0.4, -0.2) is 16.5 Å². The molecular weight excluding hydrogens is 248 g/mol. The fourth-order valence-corrected chi connectivity index (χ4v) is 2.06. The Hall–Kier alpha value is -1.81. The quantitative estimate of drug-likeness (QED) is 0.923. The SMILES string of the molecule is CCN(c1ccccc1C)c1ncnc(N)c1Cl. The van der Waals surface area contributed by atoms with Crippen molar-refractivity contribution < 1.29 is 0 Å². The molecule has 0 saturated heterocycles. The number of anilines is 3. The summed E-state index contributed by atoms with van der Waals surface area (Å²) >= 11 is 6.18. The van der Waals surface area contributed by atoms with E-state index < -0.39 is 0 Å². The molecule has 0 unspecified atom stereocenters. The summed E-state index contributed by atoms with van der Waals surface area (Å²) in [5.74, 6) is 0.940. The highest BCUT2D eigenvalue weighted by molar-refractivity contribution is 6.35. The number of halogens is 1. The second kappa shape index (κ2) is 5.23. The van der Waals surface area contributed by atoms with E-state index in [0.717, 1.165) is 17.8 Å². The standard InChI is InChI=1S/C13H15ClN4/c1-3-18(10-7-5-4-6-9(10)2)13-11(14)12(15)16-8-17-13/h4-8H,3H2,1-2H3,(H2,15,16,17). The van der Waals surface area contributed by atoms with Crippen LogP contribution in [0.5, 0.6) is 0 Å². The minimum atomic E-state index is 0.300. The number of nitrogen functional groups attached to an aromatic ring is 1. The number of aryl methyl sites for hydroxylation is 1. The van der Waals surface area contributed by atoms with E-state index >= 15 is 0 Å². The average Bonchev–Trinajstić information content (AvgIpc) is 2.37. The molecule has 1 aromatic heterocycles. The predicted octanol–water partition coefficient (Wildman–Crippen LogP) is 3.18. The van der Waals surface area contributed by atoms with Crippen molar-refractivity contribution in [3.05, 3.63) is 41.2 Å². The van der Waals surface area contributed by atoms with Gasteiger partial charge >= 0.3 is 0 Å². The van der Waals surface area contributed by atoms with Crippen LogP contribution in [0.4, 0.5) is 17.3 Å². The normalized spacial score (nSPS) is 10.4. The maximum atomic E-state index is 6.18. The van der Waals surface area contributed by atoms with Crippen LogP contribution in [0.15, 0.2) is 30.6 Å². The first-order valence-electron chi connectivity index (χ1n) is 5.74. The average molecular weight is 263 g/mol. The van der Waals surface area contributed by atoms with Gasteiger partial charge in [0.1, 0.15) is 17.2 Å². The predicted molar refractivity (Wildman–Crippen MR) is 75.3 cm³/mol. The Morgan fingerprint density at radius 3 is 2.67 bits per heavy atom. The smallest absolute Gasteiger partial charge is 0.157 e. The van der Waals surface area contributed by atoms with Crippen molar-refractivity contribution in [3.8, 4) is 0 Å². The van der Waals surface area contributed by atoms with Crippen molar-refractivity contribution in [2.24, 2.45) is 0 Å². The van der Waals surface area contributed by atoms with Crippen LogP contribution in [0.3, 0.4) is 0 Å². The Labute approximate surface area is 111 Å². The Morgan fingerprint density at radius 1 is 1.28 bits per heavy atom. The number of para-hydroxylation sites is 1. The first-order chi connectivity index (χ1) is 8.65. The third kappa shape index (κ3) is 2.24. The Kier molecular flexibility index (Phi) is 3.67. The zero-order chi connectivity index (χ0) is 13.1. The summed E-state index contributed by atoms with van der Waals surface area (Å²) in [6, 6.07) is 8.08. The zero-order valence-electron chi connectivity index (χ0n) is 10.4. The Balaban J connectivity index is 2.53. The molecule has 0 aliphatic carbocycles. The molecule has 2 N–H and O–H groups in total. The van der Waals surface area contributed by atoms with Gasteiger partial charge < -0.3 is 10.6 Å². The lowest BCUT2D eigenvalue weighted by Gasteiger charge is -2.24. The molecule has 0 radical (unpaired) electrons. The first kappa shape index (κ1) is 12.6. The van der Waals surface area contributed by atoms with E-state index in [1.165, 1.54) is 6.33 Å². The number of hydrogen-bond acceptors (Lipinski definition) is 4. The van der Waals surface area contributed by atoms with Gasteiger partial charge in [0.05, 0.1) is 0 Å². The highest BCUT2D eigenvalue weighted by atomic mass is 35.5. The topological polar surface area (TPSA) is 55.0 Å². The van der Waals surface area contributed by atoms with Gasteiger partial charge in [-0.05, 0) is 25.5 Å². The fraction of sp³-hybridized carbons (Fsp3) is 0.231. The molecule has 0 bridgehead atoms. The second-order valence-electron chi connectivity index (χ2n) is 3.93. The van der Waals surface area contributed by atoms with Gasteiger partial charge in [-0.25, -0.2) is 9.97 Å². The minimum Gasteiger partial charge on any atom is -0.382 e. The number of rotatable bonds is 3. The zero-order valence-corrected chi connectivity index (χ0v) is 11.1. The molecule has 4 nitrogen and oxygen atoms in total. The Bertz CT molecular complexity index is 556. The summed E-state index contributed by atoms with van der Waals surface area (Å²) in [5.41, 5.74) is 7.95. The van der Waals surface area contributed by atoms with Crippen LogP contribution < -0.4 is 10.6 Å². The molecule has 0 aliphatic rings. The Morgan fingerprint density at radius 2 is 2.00 bits per heavy atom. The van der Waals surface area contributed by atoms with Crippen LogP contribution >= 0.6 is 11.6 Å². The van der Waals surface area contributed by atoms with E-state index in [9.17, 15) is 0 Å². The van der Waals surface area contributed by atoms with E-state index in [1.54, 1.807) is 0 Å². The minimum absolute atomic E-state index is 0.300. The monoisotopic (exact) mass is 262 g/mol. The summed E-state index contributed by atoms with van der Waals surface area (Å²) in [6.07, 6.45) is 1.43. The van der Waals surface area contributed by atoms with Gasteiger partial charge in [0.25, 0.3) is 0 Å². The summed E-state index contributed by atoms with van der Waals surface area (Å²) in [5, 5.41) is 0.391. The van der Waals surface area contributed by atoms with E-state index in [-0.39, 0.29) is 0 Å². The summed E-state index contributed by atoms with van der Waals surface area (Å²) in [7, 11) is 0. The van der Waals surface area contributed by atoms with Crippen molar-refractivity contribution in [3.63, 3.8) is 0 Å². The van der Waals surface area contributed by atoms with E-state index in [0.29, 0.717) is 16.7 Å². The lowest BCUT2D eigenvalue weighted by atomic mass is 10.2. The molecule has 0 aliphatic heterocycles. The number of nitrogens with zero attached hydrogens (tertiary/aromatic N) is 3. The van der Waals surface area contributed by atoms with Gasteiger partial charge in [-0.15, -0.1) is 0 Å². The molecule has 0 fully saturated rings. The van der Waals surface area contributed by atoms with Crippen LogP contribution in [0.2, 0.25) is 5.02 Å². The molecule has 0 saturated carbocycles. The van der Waals surface area contributed by atoms with E-state index in [2.05, 4.69) is 23.0 Å². The fourth-order valence-electron chi connectivity index (χ4n) is 1.86. The first-order valence-corrected chi connectivity index (χ1v) is 6.12. The molecule has 0 amide bonds. The highest BCUT2D eigenvalue weighted by Gasteiger charge is 2.16. The molecule has 94 valence electrons.